The monoisotopic (exact) mass is 370 g/mol. The summed E-state index contributed by atoms with van der Waals surface area (Å²) in [6.07, 6.45) is 1.19. The second kappa shape index (κ2) is 6.98. The summed E-state index contributed by atoms with van der Waals surface area (Å²) in [5.74, 6) is 0.0884. The number of carbonyl (C=O) groups excluding carboxylic acids is 1. The van der Waals surface area contributed by atoms with Crippen molar-refractivity contribution in [2.75, 3.05) is 56.6 Å². The minimum Gasteiger partial charge on any atom is -0.340 e. The normalized spacial score (nSPS) is 23.8. The van der Waals surface area contributed by atoms with Gasteiger partial charge in [-0.05, 0) is 0 Å². The summed E-state index contributed by atoms with van der Waals surface area (Å²) >= 11 is 0. The molecule has 0 saturated carbocycles. The molecule has 2 saturated heterocycles. The zero-order valence-corrected chi connectivity index (χ0v) is 15.3. The van der Waals surface area contributed by atoms with Crippen molar-refractivity contribution in [2.24, 2.45) is 0 Å². The van der Waals surface area contributed by atoms with Gasteiger partial charge in [-0.2, -0.15) is 0 Å². The Morgan fingerprint density at radius 1 is 1.00 bits per heavy atom. The van der Waals surface area contributed by atoms with Crippen LogP contribution in [0.1, 0.15) is 0 Å². The van der Waals surface area contributed by atoms with E-state index in [0.717, 1.165) is 5.30 Å². The lowest BCUT2D eigenvalue weighted by molar-refractivity contribution is -0.132. The molecule has 2 aliphatic rings. The van der Waals surface area contributed by atoms with E-state index in [0.29, 0.717) is 25.4 Å². The van der Waals surface area contributed by atoms with Crippen molar-refractivity contribution in [3.05, 3.63) is 30.3 Å². The summed E-state index contributed by atoms with van der Waals surface area (Å²) in [6.45, 7) is 2.15. The summed E-state index contributed by atoms with van der Waals surface area (Å²) in [7, 11) is -5.31. The molecule has 0 atom stereocenters. The van der Waals surface area contributed by atoms with E-state index in [9.17, 15) is 17.8 Å². The van der Waals surface area contributed by atoms with Gasteiger partial charge in [0, 0.05) is 43.8 Å². The van der Waals surface area contributed by atoms with E-state index >= 15 is 0 Å². The second-order valence-electron chi connectivity index (χ2n) is 6.48. The number of rotatable bonds is 3. The van der Waals surface area contributed by atoms with Crippen molar-refractivity contribution in [3.8, 4) is 0 Å². The molecule has 0 spiro atoms. The van der Waals surface area contributed by atoms with Gasteiger partial charge in [-0.1, -0.05) is 30.3 Å². The Hall–Kier alpha value is -1.17. The highest BCUT2D eigenvalue weighted by Crippen LogP contribution is 2.45. The Labute approximate surface area is 143 Å². The fraction of sp³-hybridized carbons (Fsp3) is 0.562. The van der Waals surface area contributed by atoms with Gasteiger partial charge in [0.05, 0.1) is 18.1 Å². The van der Waals surface area contributed by atoms with Crippen LogP contribution in [0.4, 0.5) is 0 Å². The SMILES string of the molecule is O=C(CN1CCP(=O)(c2ccccc2)CC1)N1CCS(=O)(=O)CC1. The number of nitrogens with zero attached hydrogens (tertiary/aromatic N) is 2. The van der Waals surface area contributed by atoms with Crippen LogP contribution >= 0.6 is 7.14 Å². The van der Waals surface area contributed by atoms with Crippen LogP contribution in [-0.4, -0.2) is 80.7 Å². The molecular formula is C16H23N2O4PS. The van der Waals surface area contributed by atoms with Gasteiger partial charge in [0.15, 0.2) is 9.84 Å². The van der Waals surface area contributed by atoms with Crippen LogP contribution in [0.15, 0.2) is 30.3 Å². The second-order valence-corrected chi connectivity index (χ2v) is 12.0. The number of hydrogen-bond donors (Lipinski definition) is 0. The van der Waals surface area contributed by atoms with Crippen LogP contribution in [0.3, 0.4) is 0 Å². The molecule has 2 heterocycles. The fourth-order valence-electron chi connectivity index (χ4n) is 3.20. The smallest absolute Gasteiger partial charge is 0.236 e. The maximum absolute atomic E-state index is 13.1. The average Bonchev–Trinajstić information content (AvgIpc) is 2.58. The number of amides is 1. The predicted molar refractivity (Wildman–Crippen MR) is 95.1 cm³/mol. The van der Waals surface area contributed by atoms with E-state index in [-0.39, 0.29) is 37.0 Å². The van der Waals surface area contributed by atoms with Crippen LogP contribution in [0.25, 0.3) is 0 Å². The van der Waals surface area contributed by atoms with Crippen LogP contribution in [0.2, 0.25) is 0 Å². The van der Waals surface area contributed by atoms with Crippen molar-refractivity contribution >= 4 is 28.2 Å². The summed E-state index contributed by atoms with van der Waals surface area (Å²) in [5, 5.41) is 0.928. The van der Waals surface area contributed by atoms with Gasteiger partial charge in [0.25, 0.3) is 0 Å². The standard InChI is InChI=1S/C16H23N2O4PS/c19-16(18-8-12-24(21,22)13-9-18)14-17-6-10-23(20,11-7-17)15-4-2-1-3-5-15/h1-5H,6-14H2. The topological polar surface area (TPSA) is 74.8 Å². The van der Waals surface area contributed by atoms with Gasteiger partial charge in [0.2, 0.25) is 5.91 Å². The first-order valence-electron chi connectivity index (χ1n) is 8.22. The molecule has 132 valence electrons. The quantitative estimate of drug-likeness (QED) is 0.713. The van der Waals surface area contributed by atoms with E-state index in [2.05, 4.69) is 0 Å². The number of hydrogen-bond acceptors (Lipinski definition) is 5. The third-order valence-corrected chi connectivity index (χ3v) is 9.53. The number of sulfone groups is 1. The van der Waals surface area contributed by atoms with Crippen molar-refractivity contribution < 1.29 is 17.8 Å². The molecule has 2 aliphatic heterocycles. The van der Waals surface area contributed by atoms with Crippen molar-refractivity contribution in [1.29, 1.82) is 0 Å². The maximum atomic E-state index is 13.1. The first-order chi connectivity index (χ1) is 11.4. The predicted octanol–water partition coefficient (Wildman–Crippen LogP) is 0.248. The minimum absolute atomic E-state index is 0.0265. The fourth-order valence-corrected chi connectivity index (χ4v) is 7.07. The van der Waals surface area contributed by atoms with Gasteiger partial charge in [0.1, 0.15) is 7.14 Å². The minimum atomic E-state index is -2.97. The van der Waals surface area contributed by atoms with E-state index < -0.39 is 17.0 Å². The van der Waals surface area contributed by atoms with Crippen LogP contribution in [-0.2, 0) is 19.2 Å². The Morgan fingerprint density at radius 3 is 2.17 bits per heavy atom. The third kappa shape index (κ3) is 4.08. The number of benzene rings is 1. The molecule has 0 aliphatic carbocycles. The molecule has 8 heteroatoms. The molecular weight excluding hydrogens is 347 g/mol. The lowest BCUT2D eigenvalue weighted by Gasteiger charge is -2.34. The lowest BCUT2D eigenvalue weighted by Crippen LogP contribution is -2.49. The molecule has 1 amide bonds. The van der Waals surface area contributed by atoms with Gasteiger partial charge in [-0.3, -0.25) is 9.69 Å². The highest BCUT2D eigenvalue weighted by atomic mass is 32.2. The summed E-state index contributed by atoms with van der Waals surface area (Å²) in [4.78, 5) is 16.0. The largest absolute Gasteiger partial charge is 0.340 e. The van der Waals surface area contributed by atoms with Crippen LogP contribution < -0.4 is 5.30 Å². The maximum Gasteiger partial charge on any atom is 0.236 e. The molecule has 0 bridgehead atoms. The first kappa shape index (κ1) is 17.6. The van der Waals surface area contributed by atoms with Crippen molar-refractivity contribution in [1.82, 2.24) is 9.80 Å². The summed E-state index contributed by atoms with van der Waals surface area (Å²) in [6, 6.07) is 9.60. The molecule has 0 radical (unpaired) electrons. The molecule has 0 unspecified atom stereocenters. The van der Waals surface area contributed by atoms with Crippen molar-refractivity contribution in [3.63, 3.8) is 0 Å². The summed E-state index contributed by atoms with van der Waals surface area (Å²) < 4.78 is 35.9. The van der Waals surface area contributed by atoms with E-state index in [1.54, 1.807) is 4.90 Å². The molecule has 0 N–H and O–H groups in total. The Morgan fingerprint density at radius 2 is 1.58 bits per heavy atom. The van der Waals surface area contributed by atoms with E-state index in [1.807, 2.05) is 35.2 Å². The first-order valence-corrected chi connectivity index (χ1v) is 12.1. The van der Waals surface area contributed by atoms with Crippen molar-refractivity contribution in [2.45, 2.75) is 0 Å². The lowest BCUT2D eigenvalue weighted by atomic mass is 10.4. The Balaban J connectivity index is 1.52. The summed E-state index contributed by atoms with van der Waals surface area (Å²) in [5.41, 5.74) is 0. The zero-order valence-electron chi connectivity index (χ0n) is 13.6. The van der Waals surface area contributed by atoms with Gasteiger partial charge < -0.3 is 9.46 Å². The molecule has 3 rings (SSSR count). The molecule has 24 heavy (non-hydrogen) atoms. The van der Waals surface area contributed by atoms with Crippen LogP contribution in [0.5, 0.6) is 0 Å². The van der Waals surface area contributed by atoms with Gasteiger partial charge >= 0.3 is 0 Å². The average molecular weight is 370 g/mol. The van der Waals surface area contributed by atoms with Crippen LogP contribution in [0, 0.1) is 0 Å². The molecule has 0 aromatic heterocycles. The molecule has 1 aromatic rings. The molecule has 2 fully saturated rings. The highest BCUT2D eigenvalue weighted by Gasteiger charge is 2.32. The Bertz CT molecular complexity index is 725. The number of carbonyl (C=O) groups is 1. The van der Waals surface area contributed by atoms with E-state index in [1.165, 1.54) is 0 Å². The Kier molecular flexibility index (Phi) is 5.13. The molecule has 1 aromatic carbocycles. The molecule has 6 nitrogen and oxygen atoms in total. The van der Waals surface area contributed by atoms with E-state index in [4.69, 9.17) is 0 Å². The van der Waals surface area contributed by atoms with Gasteiger partial charge in [-0.15, -0.1) is 0 Å². The zero-order chi connectivity index (χ0) is 17.2. The third-order valence-electron chi connectivity index (χ3n) is 4.84. The van der Waals surface area contributed by atoms with Gasteiger partial charge in [-0.25, -0.2) is 8.42 Å². The highest BCUT2D eigenvalue weighted by molar-refractivity contribution is 7.91.